The zero-order chi connectivity index (χ0) is 22.8. The summed E-state index contributed by atoms with van der Waals surface area (Å²) < 4.78 is 1.84. The summed E-state index contributed by atoms with van der Waals surface area (Å²) in [7, 11) is 0. The number of tetrazole rings is 1. The Morgan fingerprint density at radius 3 is 2.45 bits per heavy atom. The fraction of sp³-hybridized carbons (Fsp3) is 0.385. The van der Waals surface area contributed by atoms with Gasteiger partial charge in [-0.05, 0) is 90.5 Å². The zero-order valence-corrected chi connectivity index (χ0v) is 19.3. The second-order valence-electron chi connectivity index (χ2n) is 9.11. The van der Waals surface area contributed by atoms with Crippen LogP contribution < -0.4 is 5.56 Å². The van der Waals surface area contributed by atoms with Gasteiger partial charge in [-0.1, -0.05) is 43.2 Å². The Morgan fingerprint density at radius 2 is 1.70 bits per heavy atom. The maximum absolute atomic E-state index is 13.4. The molecular formula is C26H30N6O. The molecule has 7 nitrogen and oxygen atoms in total. The number of aromatic amines is 1. The second kappa shape index (κ2) is 9.27. The molecule has 4 aromatic rings. The summed E-state index contributed by atoms with van der Waals surface area (Å²) in [6.45, 7) is 6.59. The number of fused-ring (bicyclic) bond motifs is 1. The molecule has 33 heavy (non-hydrogen) atoms. The Labute approximate surface area is 193 Å². The van der Waals surface area contributed by atoms with Crippen molar-refractivity contribution in [3.63, 3.8) is 0 Å². The standard InChI is InChI=1S/C26H30N6O/c1-18-14-21-16-22(26(33)27-23(21)15-19(18)2)24(31-12-8-3-4-9-13-31)25-28-29-30-32(25)17-20-10-6-5-7-11-20/h5-7,10-11,14-16,24H,3-4,8-9,12-13,17H2,1-2H3,(H,27,33). The van der Waals surface area contributed by atoms with E-state index in [2.05, 4.69) is 63.5 Å². The van der Waals surface area contributed by atoms with Gasteiger partial charge in [0, 0.05) is 11.1 Å². The van der Waals surface area contributed by atoms with Gasteiger partial charge in [0.05, 0.1) is 6.54 Å². The Kier molecular flexibility index (Phi) is 6.05. The second-order valence-corrected chi connectivity index (χ2v) is 9.11. The lowest BCUT2D eigenvalue weighted by atomic mass is 10.0. The molecule has 0 radical (unpaired) electrons. The van der Waals surface area contributed by atoms with Gasteiger partial charge in [0.15, 0.2) is 5.82 Å². The van der Waals surface area contributed by atoms with Crippen LogP contribution in [0.15, 0.2) is 53.3 Å². The zero-order valence-electron chi connectivity index (χ0n) is 19.3. The van der Waals surface area contributed by atoms with Crippen LogP contribution in [0.5, 0.6) is 0 Å². The molecular weight excluding hydrogens is 412 g/mol. The predicted molar refractivity (Wildman–Crippen MR) is 129 cm³/mol. The van der Waals surface area contributed by atoms with Crippen molar-refractivity contribution in [1.82, 2.24) is 30.1 Å². The third kappa shape index (κ3) is 4.46. The van der Waals surface area contributed by atoms with Crippen molar-refractivity contribution < 1.29 is 0 Å². The molecule has 170 valence electrons. The molecule has 1 unspecified atom stereocenters. The average Bonchev–Trinajstić information content (AvgIpc) is 3.08. The lowest BCUT2D eigenvalue weighted by Crippen LogP contribution is -2.36. The molecule has 3 heterocycles. The van der Waals surface area contributed by atoms with Crippen LogP contribution in [0.1, 0.15) is 59.8 Å². The van der Waals surface area contributed by atoms with Gasteiger partial charge in [-0.25, -0.2) is 4.68 Å². The highest BCUT2D eigenvalue weighted by atomic mass is 16.1. The first-order valence-corrected chi connectivity index (χ1v) is 11.8. The molecule has 1 saturated heterocycles. The fourth-order valence-electron chi connectivity index (χ4n) is 4.83. The minimum absolute atomic E-state index is 0.0748. The number of hydrogen-bond acceptors (Lipinski definition) is 5. The van der Waals surface area contributed by atoms with Gasteiger partial charge < -0.3 is 4.98 Å². The Balaban J connectivity index is 1.64. The Bertz CT molecular complexity index is 1300. The molecule has 1 N–H and O–H groups in total. The van der Waals surface area contributed by atoms with E-state index in [1.807, 2.05) is 28.9 Å². The number of rotatable bonds is 5. The Morgan fingerprint density at radius 1 is 0.970 bits per heavy atom. The van der Waals surface area contributed by atoms with Crippen LogP contribution in [-0.2, 0) is 6.54 Å². The van der Waals surface area contributed by atoms with E-state index < -0.39 is 0 Å². The molecule has 2 aromatic carbocycles. The first-order chi connectivity index (χ1) is 16.1. The molecule has 2 aromatic heterocycles. The van der Waals surface area contributed by atoms with Gasteiger partial charge in [-0.2, -0.15) is 0 Å². The van der Waals surface area contributed by atoms with Crippen molar-refractivity contribution in [2.24, 2.45) is 0 Å². The highest BCUT2D eigenvalue weighted by molar-refractivity contribution is 5.81. The summed E-state index contributed by atoms with van der Waals surface area (Å²) in [6.07, 6.45) is 4.65. The van der Waals surface area contributed by atoms with E-state index in [-0.39, 0.29) is 11.6 Å². The van der Waals surface area contributed by atoms with Crippen LogP contribution >= 0.6 is 0 Å². The highest BCUT2D eigenvalue weighted by Gasteiger charge is 2.31. The molecule has 0 bridgehead atoms. The number of aromatic nitrogens is 5. The first kappa shape index (κ1) is 21.5. The van der Waals surface area contributed by atoms with Gasteiger partial charge in [-0.15, -0.1) is 5.10 Å². The largest absolute Gasteiger partial charge is 0.322 e. The molecule has 1 aliphatic rings. The number of likely N-dealkylation sites (tertiary alicyclic amines) is 1. The topological polar surface area (TPSA) is 79.7 Å². The summed E-state index contributed by atoms with van der Waals surface area (Å²) in [5.74, 6) is 0.717. The van der Waals surface area contributed by atoms with E-state index in [1.54, 1.807) is 0 Å². The first-order valence-electron chi connectivity index (χ1n) is 11.8. The maximum atomic E-state index is 13.4. The summed E-state index contributed by atoms with van der Waals surface area (Å²) in [4.78, 5) is 18.9. The highest BCUT2D eigenvalue weighted by Crippen LogP contribution is 2.29. The lowest BCUT2D eigenvalue weighted by molar-refractivity contribution is 0.220. The number of hydrogen-bond donors (Lipinski definition) is 1. The van der Waals surface area contributed by atoms with Gasteiger partial charge in [0.1, 0.15) is 6.04 Å². The van der Waals surface area contributed by atoms with Gasteiger partial charge in [0.2, 0.25) is 0 Å². The summed E-state index contributed by atoms with van der Waals surface area (Å²) in [5.41, 5.74) is 5.00. The summed E-state index contributed by atoms with van der Waals surface area (Å²) in [6, 6.07) is 16.1. The van der Waals surface area contributed by atoms with Gasteiger partial charge >= 0.3 is 0 Å². The van der Waals surface area contributed by atoms with Crippen molar-refractivity contribution in [3.8, 4) is 0 Å². The monoisotopic (exact) mass is 442 g/mol. The van der Waals surface area contributed by atoms with Crippen LogP contribution in [0.25, 0.3) is 10.9 Å². The van der Waals surface area contributed by atoms with Crippen molar-refractivity contribution >= 4 is 10.9 Å². The third-order valence-corrected chi connectivity index (χ3v) is 6.77. The normalized spacial score (nSPS) is 16.1. The number of benzene rings is 2. The molecule has 0 aliphatic carbocycles. The quantitative estimate of drug-likeness (QED) is 0.502. The van der Waals surface area contributed by atoms with E-state index in [4.69, 9.17) is 0 Å². The molecule has 1 aliphatic heterocycles. The predicted octanol–water partition coefficient (Wildman–Crippen LogP) is 4.15. The van der Waals surface area contributed by atoms with Crippen LogP contribution in [0.2, 0.25) is 0 Å². The van der Waals surface area contributed by atoms with E-state index >= 15 is 0 Å². The molecule has 1 atom stereocenters. The van der Waals surface area contributed by atoms with Gasteiger partial charge in [-0.3, -0.25) is 9.69 Å². The minimum atomic E-state index is -0.295. The van der Waals surface area contributed by atoms with Crippen LogP contribution in [0, 0.1) is 13.8 Å². The van der Waals surface area contributed by atoms with E-state index in [9.17, 15) is 4.79 Å². The number of nitrogens with zero attached hydrogens (tertiary/aromatic N) is 5. The fourth-order valence-corrected chi connectivity index (χ4v) is 4.83. The average molecular weight is 443 g/mol. The molecule has 0 spiro atoms. The van der Waals surface area contributed by atoms with Gasteiger partial charge in [0.25, 0.3) is 5.56 Å². The summed E-state index contributed by atoms with van der Waals surface area (Å²) >= 11 is 0. The molecule has 1 fully saturated rings. The van der Waals surface area contributed by atoms with Crippen molar-refractivity contribution in [3.05, 3.63) is 87.0 Å². The van der Waals surface area contributed by atoms with Crippen LogP contribution in [0.3, 0.4) is 0 Å². The van der Waals surface area contributed by atoms with Crippen molar-refractivity contribution in [2.45, 2.75) is 52.1 Å². The number of H-pyrrole nitrogens is 1. The third-order valence-electron chi connectivity index (χ3n) is 6.77. The van der Waals surface area contributed by atoms with Crippen molar-refractivity contribution in [1.29, 1.82) is 0 Å². The number of pyridine rings is 1. The smallest absolute Gasteiger partial charge is 0.253 e. The maximum Gasteiger partial charge on any atom is 0.253 e. The molecule has 7 heteroatoms. The van der Waals surface area contributed by atoms with E-state index in [1.165, 1.54) is 24.0 Å². The van der Waals surface area contributed by atoms with Crippen molar-refractivity contribution in [2.75, 3.05) is 13.1 Å². The summed E-state index contributed by atoms with van der Waals surface area (Å²) in [5, 5.41) is 13.8. The van der Waals surface area contributed by atoms with Crippen LogP contribution in [-0.4, -0.2) is 43.2 Å². The number of nitrogens with one attached hydrogen (secondary N) is 1. The SMILES string of the molecule is Cc1cc2cc(C(c3nnnn3Cc3ccccc3)N3CCCCCC3)c(=O)[nH]c2cc1C. The minimum Gasteiger partial charge on any atom is -0.322 e. The van der Waals surface area contributed by atoms with E-state index in [0.29, 0.717) is 12.1 Å². The number of aryl methyl sites for hydroxylation is 2. The molecule has 0 saturated carbocycles. The molecule has 5 rings (SSSR count). The molecule has 0 amide bonds. The van der Waals surface area contributed by atoms with E-state index in [0.717, 1.165) is 48.2 Å². The lowest BCUT2D eigenvalue weighted by Gasteiger charge is -2.29. The Hall–Kier alpha value is -3.32. The van der Waals surface area contributed by atoms with Crippen LogP contribution in [0.4, 0.5) is 0 Å².